The molecule has 318 valence electrons. The summed E-state index contributed by atoms with van der Waals surface area (Å²) in [6, 6.07) is 12.3. The molecule has 0 saturated heterocycles. The number of fused-ring (bicyclic) bond motifs is 1. The molecule has 0 bridgehead atoms. The molecule has 2 aliphatic rings. The van der Waals surface area contributed by atoms with Crippen LogP contribution in [0.4, 0.5) is 5.13 Å². The summed E-state index contributed by atoms with van der Waals surface area (Å²) in [5, 5.41) is 4.88. The van der Waals surface area contributed by atoms with Crippen molar-refractivity contribution < 1.29 is 57.2 Å². The molecule has 16 heteroatoms. The first-order valence-electron chi connectivity index (χ1n) is 20.0. The quantitative estimate of drug-likeness (QED) is 0.0215. The summed E-state index contributed by atoms with van der Waals surface area (Å²) < 4.78 is 33.2. The molecule has 0 unspecified atom stereocenters. The Morgan fingerprint density at radius 3 is 1.93 bits per heavy atom. The fraction of sp³-hybridized carbons (Fsp3) is 0.409. The molecule has 2 aliphatic carbocycles. The van der Waals surface area contributed by atoms with Crippen LogP contribution in [0.5, 0.6) is 11.5 Å². The number of hydrazone groups is 1. The molecule has 3 aromatic rings. The Morgan fingerprint density at radius 1 is 0.733 bits per heavy atom. The lowest BCUT2D eigenvalue weighted by Crippen LogP contribution is -2.29. The van der Waals surface area contributed by atoms with Crippen molar-refractivity contribution in [2.24, 2.45) is 22.9 Å². The molecule has 1 saturated carbocycles. The van der Waals surface area contributed by atoms with Gasteiger partial charge in [0.15, 0.2) is 0 Å². The highest BCUT2D eigenvalue weighted by atomic mass is 32.1. The van der Waals surface area contributed by atoms with Gasteiger partial charge in [-0.1, -0.05) is 42.7 Å². The van der Waals surface area contributed by atoms with E-state index in [0.717, 1.165) is 22.4 Å². The van der Waals surface area contributed by atoms with Crippen molar-refractivity contribution in [3.05, 3.63) is 85.0 Å². The monoisotopic (exact) mass is 843 g/mol. The van der Waals surface area contributed by atoms with Crippen LogP contribution >= 0.6 is 11.3 Å². The SMILES string of the molecule is C=CC(=O)OCCCCOC(=O)C1CCC(C(=O)Oc2ccc(OC(=O)C3=CC[C@@H](C(=O)OCCCCOC(=O)C=C)CC3)c(/C=N/Nc3nc4ccccc4s3)c2)CC1. The molecule has 15 nitrogen and oxygen atoms in total. The van der Waals surface area contributed by atoms with Crippen molar-refractivity contribution in [3.8, 4) is 11.5 Å². The minimum atomic E-state index is -0.585. The lowest BCUT2D eigenvalue weighted by Gasteiger charge is -2.26. The molecule has 60 heavy (non-hydrogen) atoms. The first kappa shape index (κ1) is 44.9. The Kier molecular flexibility index (Phi) is 17.6. The molecule has 0 radical (unpaired) electrons. The van der Waals surface area contributed by atoms with Crippen molar-refractivity contribution in [2.45, 2.75) is 70.6 Å². The van der Waals surface area contributed by atoms with Crippen molar-refractivity contribution in [3.63, 3.8) is 0 Å². The van der Waals surface area contributed by atoms with Gasteiger partial charge in [-0.15, -0.1) is 0 Å². The number of carbonyl (C=O) groups is 6. The van der Waals surface area contributed by atoms with Gasteiger partial charge < -0.3 is 28.4 Å². The highest BCUT2D eigenvalue weighted by Gasteiger charge is 2.32. The van der Waals surface area contributed by atoms with Crippen LogP contribution in [0.3, 0.4) is 0 Å². The first-order chi connectivity index (χ1) is 29.1. The number of allylic oxidation sites excluding steroid dienone is 1. The Morgan fingerprint density at radius 2 is 1.33 bits per heavy atom. The smallest absolute Gasteiger partial charge is 0.339 e. The van der Waals surface area contributed by atoms with Gasteiger partial charge in [0.25, 0.3) is 0 Å². The van der Waals surface area contributed by atoms with Gasteiger partial charge in [-0.3, -0.25) is 19.8 Å². The number of esters is 6. The van der Waals surface area contributed by atoms with Crippen LogP contribution in [-0.2, 0) is 47.7 Å². The third kappa shape index (κ3) is 14.0. The van der Waals surface area contributed by atoms with E-state index >= 15 is 0 Å². The number of hydrogen-bond donors (Lipinski definition) is 1. The number of unbranched alkanes of at least 4 members (excludes halogenated alkanes) is 2. The average molecular weight is 844 g/mol. The summed E-state index contributed by atoms with van der Waals surface area (Å²) in [6.45, 7) is 7.54. The maximum absolute atomic E-state index is 13.4. The van der Waals surface area contributed by atoms with Crippen LogP contribution in [0.25, 0.3) is 10.2 Å². The van der Waals surface area contributed by atoms with E-state index in [1.807, 2.05) is 24.3 Å². The van der Waals surface area contributed by atoms with Gasteiger partial charge in [0.2, 0.25) is 5.13 Å². The number of thiazole rings is 1. The standard InChI is InChI=1S/C44H49N3O12S/c1-3-38(48)54-23-7-9-25-56-40(50)29-13-17-31(18-14-29)42(52)58-34-21-22-36(33(27-34)28-45-47-44-46-35-11-5-6-12-37(35)60-44)59-43(53)32-19-15-30(16-20-32)41(51)57-26-10-8-24-55-39(49)4-2/h3-6,11-12,19,21-22,27-31H,1-2,7-10,13-18,20,23-26H2,(H,46,47)/b45-28+/t29?,30-,31?/m1/s1. The fourth-order valence-electron chi connectivity index (χ4n) is 6.48. The molecule has 2 aromatic carbocycles. The summed E-state index contributed by atoms with van der Waals surface area (Å²) in [5.41, 5.74) is 4.50. The topological polar surface area (TPSA) is 195 Å². The number of ether oxygens (including phenoxy) is 6. The summed E-state index contributed by atoms with van der Waals surface area (Å²) in [4.78, 5) is 78.7. The molecular weight excluding hydrogens is 795 g/mol. The third-order valence-corrected chi connectivity index (χ3v) is 10.8. The lowest BCUT2D eigenvalue weighted by atomic mass is 9.82. The number of benzene rings is 2. The van der Waals surface area contributed by atoms with Crippen LogP contribution in [0, 0.1) is 17.8 Å². The number of nitrogens with one attached hydrogen (secondary N) is 1. The fourth-order valence-corrected chi connectivity index (χ4v) is 7.29. The number of hydrogen-bond acceptors (Lipinski definition) is 16. The third-order valence-electron chi connectivity index (χ3n) is 9.85. The number of para-hydroxylation sites is 1. The second kappa shape index (κ2) is 23.4. The van der Waals surface area contributed by atoms with Crippen LogP contribution in [0.15, 0.2) is 84.5 Å². The summed E-state index contributed by atoms with van der Waals surface area (Å²) >= 11 is 1.42. The van der Waals surface area contributed by atoms with Crippen molar-refractivity contribution in [2.75, 3.05) is 31.9 Å². The van der Waals surface area contributed by atoms with Gasteiger partial charge in [-0.05, 0) is 101 Å². The van der Waals surface area contributed by atoms with E-state index in [4.69, 9.17) is 28.4 Å². The van der Waals surface area contributed by atoms with E-state index in [0.29, 0.717) is 86.9 Å². The Labute approximate surface area is 351 Å². The average Bonchev–Trinajstić information content (AvgIpc) is 3.69. The van der Waals surface area contributed by atoms with E-state index < -0.39 is 35.7 Å². The highest BCUT2D eigenvalue weighted by Crippen LogP contribution is 2.33. The van der Waals surface area contributed by atoms with Gasteiger partial charge in [-0.25, -0.2) is 19.4 Å². The summed E-state index contributed by atoms with van der Waals surface area (Å²) in [7, 11) is 0. The maximum Gasteiger partial charge on any atom is 0.339 e. The van der Waals surface area contributed by atoms with E-state index in [1.54, 1.807) is 12.1 Å². The highest BCUT2D eigenvalue weighted by molar-refractivity contribution is 7.22. The van der Waals surface area contributed by atoms with Gasteiger partial charge >= 0.3 is 35.8 Å². The predicted octanol–water partition coefficient (Wildman–Crippen LogP) is 7.19. The molecule has 5 rings (SSSR count). The maximum atomic E-state index is 13.4. The van der Waals surface area contributed by atoms with E-state index in [9.17, 15) is 28.8 Å². The van der Waals surface area contributed by atoms with E-state index in [2.05, 4.69) is 28.7 Å². The van der Waals surface area contributed by atoms with E-state index in [-0.39, 0.29) is 55.8 Å². The minimum Gasteiger partial charge on any atom is -0.465 e. The van der Waals surface area contributed by atoms with E-state index in [1.165, 1.54) is 29.7 Å². The van der Waals surface area contributed by atoms with Crippen LogP contribution in [-0.4, -0.2) is 73.4 Å². The molecule has 1 fully saturated rings. The van der Waals surface area contributed by atoms with Crippen molar-refractivity contribution in [1.29, 1.82) is 0 Å². The van der Waals surface area contributed by atoms with Gasteiger partial charge in [-0.2, -0.15) is 5.10 Å². The predicted molar refractivity (Wildman–Crippen MR) is 222 cm³/mol. The van der Waals surface area contributed by atoms with Crippen molar-refractivity contribution >= 4 is 68.7 Å². The molecule has 1 heterocycles. The minimum absolute atomic E-state index is 0.174. The molecule has 1 atom stereocenters. The molecular formula is C44H49N3O12S. The van der Waals surface area contributed by atoms with Crippen LogP contribution < -0.4 is 14.9 Å². The Hall–Kier alpha value is -6.16. The van der Waals surface area contributed by atoms with Gasteiger partial charge in [0.05, 0.1) is 60.6 Å². The molecule has 0 amide bonds. The van der Waals surface area contributed by atoms with Crippen LogP contribution in [0.1, 0.15) is 76.2 Å². The number of rotatable bonds is 21. The number of aromatic nitrogens is 1. The second-order valence-corrected chi connectivity index (χ2v) is 15.1. The first-order valence-corrected chi connectivity index (χ1v) is 20.8. The summed E-state index contributed by atoms with van der Waals surface area (Å²) in [5.74, 6) is -3.41. The Bertz CT molecular complexity index is 2050. The van der Waals surface area contributed by atoms with Gasteiger partial charge in [0.1, 0.15) is 11.5 Å². The number of nitrogens with zero attached hydrogens (tertiary/aromatic N) is 2. The molecule has 1 N–H and O–H groups in total. The molecule has 1 aromatic heterocycles. The second-order valence-electron chi connectivity index (χ2n) is 14.1. The zero-order valence-corrected chi connectivity index (χ0v) is 34.1. The number of carbonyl (C=O) groups excluding carboxylic acids is 6. The largest absolute Gasteiger partial charge is 0.465 e. The zero-order valence-electron chi connectivity index (χ0n) is 33.3. The number of anilines is 1. The summed E-state index contributed by atoms with van der Waals surface area (Å²) in [6.07, 6.45) is 10.4. The van der Waals surface area contributed by atoms with Crippen molar-refractivity contribution in [1.82, 2.24) is 4.98 Å². The zero-order chi connectivity index (χ0) is 42.7. The molecule has 0 aliphatic heterocycles. The normalized spacial score (nSPS) is 17.5. The van der Waals surface area contributed by atoms with Crippen LogP contribution in [0.2, 0.25) is 0 Å². The molecule has 0 spiro atoms. The van der Waals surface area contributed by atoms with Gasteiger partial charge in [0, 0.05) is 23.3 Å². The lowest BCUT2D eigenvalue weighted by molar-refractivity contribution is -0.152. The Balaban J connectivity index is 1.15.